The van der Waals surface area contributed by atoms with E-state index in [1.54, 1.807) is 20.9 Å². The summed E-state index contributed by atoms with van der Waals surface area (Å²) in [6, 6.07) is 3.83. The van der Waals surface area contributed by atoms with Crippen molar-refractivity contribution in [1.82, 2.24) is 5.32 Å². The molecule has 0 aliphatic carbocycles. The van der Waals surface area contributed by atoms with Crippen molar-refractivity contribution in [3.05, 3.63) is 29.0 Å². The Hall–Kier alpha value is -1.13. The maximum absolute atomic E-state index is 12.8. The molecule has 0 radical (unpaired) electrons. The lowest BCUT2D eigenvalue weighted by Gasteiger charge is -2.23. The predicted octanol–water partition coefficient (Wildman–Crippen LogP) is 2.42. The van der Waals surface area contributed by atoms with Crippen molar-refractivity contribution in [2.45, 2.75) is 19.4 Å². The van der Waals surface area contributed by atoms with Gasteiger partial charge < -0.3 is 10.6 Å². The third kappa shape index (κ3) is 2.93. The summed E-state index contributed by atoms with van der Waals surface area (Å²) in [4.78, 5) is 11.8. The van der Waals surface area contributed by atoms with Crippen LogP contribution in [0.4, 0.5) is 10.1 Å². The Kier molecular flexibility index (Phi) is 3.88. The van der Waals surface area contributed by atoms with Crippen molar-refractivity contribution < 1.29 is 9.18 Å². The molecule has 0 fully saturated rings. The topological polar surface area (TPSA) is 41.1 Å². The number of carbonyl (C=O) groups excluding carboxylic acids is 1. The molecular formula is C11H14ClFN2O. The molecule has 2 N–H and O–H groups in total. The van der Waals surface area contributed by atoms with Gasteiger partial charge in [0, 0.05) is 0 Å². The fraction of sp³-hybridized carbons (Fsp3) is 0.364. The van der Waals surface area contributed by atoms with Gasteiger partial charge in [0.1, 0.15) is 5.82 Å². The van der Waals surface area contributed by atoms with Crippen molar-refractivity contribution in [3.63, 3.8) is 0 Å². The van der Waals surface area contributed by atoms with E-state index in [1.165, 1.54) is 12.1 Å². The number of rotatable bonds is 3. The summed E-state index contributed by atoms with van der Waals surface area (Å²) >= 11 is 5.79. The van der Waals surface area contributed by atoms with Crippen LogP contribution < -0.4 is 10.6 Å². The number of carbonyl (C=O) groups is 1. The number of hydrogen-bond donors (Lipinski definition) is 2. The first kappa shape index (κ1) is 12.9. The molecule has 0 saturated heterocycles. The van der Waals surface area contributed by atoms with E-state index in [1.807, 2.05) is 0 Å². The molecule has 0 aliphatic rings. The molecular weight excluding hydrogens is 231 g/mol. The lowest BCUT2D eigenvalue weighted by Crippen LogP contribution is -2.47. The molecule has 0 atom stereocenters. The fourth-order valence-electron chi connectivity index (χ4n) is 0.983. The van der Waals surface area contributed by atoms with E-state index < -0.39 is 11.4 Å². The highest BCUT2D eigenvalue weighted by Gasteiger charge is 2.25. The van der Waals surface area contributed by atoms with E-state index in [-0.39, 0.29) is 10.9 Å². The van der Waals surface area contributed by atoms with Crippen LogP contribution in [0.5, 0.6) is 0 Å². The zero-order valence-electron chi connectivity index (χ0n) is 9.40. The second-order valence-electron chi connectivity index (χ2n) is 3.95. The fourth-order valence-corrected chi connectivity index (χ4v) is 1.20. The number of amides is 1. The molecule has 1 amide bonds. The molecule has 5 heteroatoms. The summed E-state index contributed by atoms with van der Waals surface area (Å²) < 4.78 is 12.8. The van der Waals surface area contributed by atoms with E-state index in [9.17, 15) is 9.18 Å². The zero-order valence-corrected chi connectivity index (χ0v) is 10.2. The molecule has 0 heterocycles. The van der Waals surface area contributed by atoms with Gasteiger partial charge in [-0.15, -0.1) is 0 Å². The lowest BCUT2D eigenvalue weighted by atomic mass is 10.1. The first-order valence-electron chi connectivity index (χ1n) is 4.82. The zero-order chi connectivity index (χ0) is 12.3. The molecule has 88 valence electrons. The van der Waals surface area contributed by atoms with Crippen LogP contribution in [-0.2, 0) is 4.79 Å². The number of nitrogens with one attached hydrogen (secondary N) is 2. The Morgan fingerprint density at radius 3 is 2.56 bits per heavy atom. The number of benzene rings is 1. The predicted molar refractivity (Wildman–Crippen MR) is 63.2 cm³/mol. The van der Waals surface area contributed by atoms with Gasteiger partial charge >= 0.3 is 0 Å². The normalized spacial score (nSPS) is 11.3. The first-order valence-corrected chi connectivity index (χ1v) is 5.20. The van der Waals surface area contributed by atoms with E-state index >= 15 is 0 Å². The minimum absolute atomic E-state index is 0.181. The van der Waals surface area contributed by atoms with Gasteiger partial charge in [0.25, 0.3) is 0 Å². The van der Waals surface area contributed by atoms with Gasteiger partial charge in [-0.3, -0.25) is 4.79 Å². The third-order valence-electron chi connectivity index (χ3n) is 2.37. The van der Waals surface area contributed by atoms with Crippen molar-refractivity contribution in [1.29, 1.82) is 0 Å². The molecule has 0 aromatic heterocycles. The molecule has 1 aromatic rings. The maximum atomic E-state index is 12.8. The average molecular weight is 245 g/mol. The number of hydrogen-bond acceptors (Lipinski definition) is 2. The van der Waals surface area contributed by atoms with Crippen LogP contribution in [0.25, 0.3) is 0 Å². The van der Waals surface area contributed by atoms with Gasteiger partial charge in [-0.25, -0.2) is 4.39 Å². The number of likely N-dealkylation sites (N-methyl/N-ethyl adjacent to an activating group) is 1. The second kappa shape index (κ2) is 4.80. The number of halogens is 2. The summed E-state index contributed by atoms with van der Waals surface area (Å²) in [5.74, 6) is -0.667. The standard InChI is InChI=1S/C11H14ClFN2O/c1-11(2,14-3)10(16)15-9-5-4-7(13)6-8(9)12/h4-6,14H,1-3H3,(H,15,16). The van der Waals surface area contributed by atoms with Crippen LogP contribution in [0.15, 0.2) is 18.2 Å². The Morgan fingerprint density at radius 1 is 1.44 bits per heavy atom. The summed E-state index contributed by atoms with van der Waals surface area (Å²) in [5, 5.41) is 5.67. The van der Waals surface area contributed by atoms with E-state index in [0.717, 1.165) is 6.07 Å². The average Bonchev–Trinajstić information content (AvgIpc) is 2.22. The Morgan fingerprint density at radius 2 is 2.06 bits per heavy atom. The highest BCUT2D eigenvalue weighted by molar-refractivity contribution is 6.33. The van der Waals surface area contributed by atoms with Gasteiger partial charge in [0.15, 0.2) is 0 Å². The molecule has 0 bridgehead atoms. The van der Waals surface area contributed by atoms with Crippen LogP contribution in [0.2, 0.25) is 5.02 Å². The quantitative estimate of drug-likeness (QED) is 0.857. The molecule has 0 spiro atoms. The molecule has 0 aliphatic heterocycles. The van der Waals surface area contributed by atoms with Gasteiger partial charge in [0.05, 0.1) is 16.2 Å². The molecule has 1 rings (SSSR count). The van der Waals surface area contributed by atoms with Gasteiger partial charge in [-0.2, -0.15) is 0 Å². The molecule has 3 nitrogen and oxygen atoms in total. The number of anilines is 1. The second-order valence-corrected chi connectivity index (χ2v) is 4.36. The van der Waals surface area contributed by atoms with Crippen LogP contribution in [0.1, 0.15) is 13.8 Å². The van der Waals surface area contributed by atoms with Crippen molar-refractivity contribution in [2.75, 3.05) is 12.4 Å². The first-order chi connectivity index (χ1) is 7.36. The summed E-state index contributed by atoms with van der Waals surface area (Å²) in [7, 11) is 1.69. The van der Waals surface area contributed by atoms with Crippen LogP contribution in [-0.4, -0.2) is 18.5 Å². The SMILES string of the molecule is CNC(C)(C)C(=O)Nc1ccc(F)cc1Cl. The largest absolute Gasteiger partial charge is 0.323 e. The molecule has 16 heavy (non-hydrogen) atoms. The van der Waals surface area contributed by atoms with Crippen molar-refractivity contribution in [3.8, 4) is 0 Å². The Bertz CT molecular complexity index is 407. The highest BCUT2D eigenvalue weighted by atomic mass is 35.5. The molecule has 1 aromatic carbocycles. The minimum Gasteiger partial charge on any atom is -0.323 e. The minimum atomic E-state index is -0.711. The Balaban J connectivity index is 2.85. The molecule has 0 saturated carbocycles. The summed E-state index contributed by atoms with van der Waals surface area (Å²) in [6.45, 7) is 3.47. The van der Waals surface area contributed by atoms with Crippen molar-refractivity contribution in [2.24, 2.45) is 0 Å². The highest BCUT2D eigenvalue weighted by Crippen LogP contribution is 2.23. The van der Waals surface area contributed by atoms with Crippen LogP contribution in [0, 0.1) is 5.82 Å². The maximum Gasteiger partial charge on any atom is 0.244 e. The Labute approximate surface area is 99.0 Å². The lowest BCUT2D eigenvalue weighted by molar-refractivity contribution is -0.121. The monoisotopic (exact) mass is 244 g/mol. The van der Waals surface area contributed by atoms with E-state index in [2.05, 4.69) is 10.6 Å². The summed E-state index contributed by atoms with van der Waals surface area (Å²) in [5.41, 5.74) is -0.311. The smallest absolute Gasteiger partial charge is 0.244 e. The van der Waals surface area contributed by atoms with Gasteiger partial charge in [-0.1, -0.05) is 11.6 Å². The van der Waals surface area contributed by atoms with E-state index in [0.29, 0.717) is 5.69 Å². The molecule has 0 unspecified atom stereocenters. The van der Waals surface area contributed by atoms with Crippen LogP contribution in [0.3, 0.4) is 0 Å². The summed E-state index contributed by atoms with van der Waals surface area (Å²) in [6.07, 6.45) is 0. The van der Waals surface area contributed by atoms with E-state index in [4.69, 9.17) is 11.6 Å². The van der Waals surface area contributed by atoms with Crippen molar-refractivity contribution >= 4 is 23.2 Å². The third-order valence-corrected chi connectivity index (χ3v) is 2.68. The van der Waals surface area contributed by atoms with Gasteiger partial charge in [0.2, 0.25) is 5.91 Å². The van der Waals surface area contributed by atoms with Gasteiger partial charge in [-0.05, 0) is 39.1 Å². The van der Waals surface area contributed by atoms with Crippen LogP contribution >= 0.6 is 11.6 Å².